The Bertz CT molecular complexity index is 425. The van der Waals surface area contributed by atoms with E-state index in [4.69, 9.17) is 4.74 Å². The van der Waals surface area contributed by atoms with Crippen LogP contribution in [0.2, 0.25) is 0 Å². The third kappa shape index (κ3) is 4.72. The number of methoxy groups -OCH3 is 1. The molecule has 0 aliphatic carbocycles. The molecule has 3 heteroatoms. The highest BCUT2D eigenvalue weighted by Crippen LogP contribution is 2.25. The zero-order valence-electron chi connectivity index (χ0n) is 13.9. The fourth-order valence-electron chi connectivity index (χ4n) is 3.27. The Morgan fingerprint density at radius 1 is 1.19 bits per heavy atom. The SMILES string of the molecule is COc1ccccc1[C@H](C)NC1CCN(CC(C)C)CC1. The van der Waals surface area contributed by atoms with Crippen molar-refractivity contribution in [3.05, 3.63) is 29.8 Å². The van der Waals surface area contributed by atoms with E-state index in [0.717, 1.165) is 11.7 Å². The largest absolute Gasteiger partial charge is 0.496 e. The van der Waals surface area contributed by atoms with Crippen LogP contribution in [0.1, 0.15) is 45.2 Å². The molecule has 1 atom stereocenters. The van der Waals surface area contributed by atoms with Crippen LogP contribution in [0, 0.1) is 5.92 Å². The molecule has 2 rings (SSSR count). The lowest BCUT2D eigenvalue weighted by molar-refractivity contribution is 0.175. The molecule has 118 valence electrons. The van der Waals surface area contributed by atoms with Crippen LogP contribution in [-0.4, -0.2) is 37.7 Å². The Kier molecular flexibility index (Phi) is 6.07. The molecule has 1 heterocycles. The van der Waals surface area contributed by atoms with Crippen LogP contribution in [-0.2, 0) is 0 Å². The molecule has 1 aliphatic heterocycles. The summed E-state index contributed by atoms with van der Waals surface area (Å²) in [6.45, 7) is 10.5. The van der Waals surface area contributed by atoms with Gasteiger partial charge in [-0.15, -0.1) is 0 Å². The van der Waals surface area contributed by atoms with Gasteiger partial charge < -0.3 is 15.0 Å². The van der Waals surface area contributed by atoms with Gasteiger partial charge in [0.1, 0.15) is 5.75 Å². The van der Waals surface area contributed by atoms with Crippen LogP contribution in [0.5, 0.6) is 5.75 Å². The minimum atomic E-state index is 0.336. The molecule has 1 fully saturated rings. The normalized spacial score (nSPS) is 18.9. The highest BCUT2D eigenvalue weighted by atomic mass is 16.5. The summed E-state index contributed by atoms with van der Waals surface area (Å²) in [5.41, 5.74) is 1.25. The topological polar surface area (TPSA) is 24.5 Å². The molecule has 1 saturated heterocycles. The van der Waals surface area contributed by atoms with Crippen LogP contribution in [0.3, 0.4) is 0 Å². The first-order valence-electron chi connectivity index (χ1n) is 8.21. The Hall–Kier alpha value is -1.06. The lowest BCUT2D eigenvalue weighted by Gasteiger charge is -2.35. The average molecular weight is 290 g/mol. The van der Waals surface area contributed by atoms with Gasteiger partial charge >= 0.3 is 0 Å². The van der Waals surface area contributed by atoms with Crippen molar-refractivity contribution in [2.75, 3.05) is 26.7 Å². The fourth-order valence-corrected chi connectivity index (χ4v) is 3.27. The van der Waals surface area contributed by atoms with Crippen molar-refractivity contribution in [1.29, 1.82) is 0 Å². The number of benzene rings is 1. The quantitative estimate of drug-likeness (QED) is 0.868. The molecule has 0 aromatic heterocycles. The van der Waals surface area contributed by atoms with Crippen molar-refractivity contribution >= 4 is 0 Å². The maximum absolute atomic E-state index is 5.47. The molecule has 1 aliphatic rings. The molecular formula is C18H30N2O. The Morgan fingerprint density at radius 2 is 1.86 bits per heavy atom. The monoisotopic (exact) mass is 290 g/mol. The number of nitrogens with zero attached hydrogens (tertiary/aromatic N) is 1. The first-order chi connectivity index (χ1) is 10.1. The molecule has 21 heavy (non-hydrogen) atoms. The van der Waals surface area contributed by atoms with E-state index in [1.54, 1.807) is 7.11 Å². The van der Waals surface area contributed by atoms with E-state index < -0.39 is 0 Å². The zero-order chi connectivity index (χ0) is 15.2. The Balaban J connectivity index is 1.85. The molecule has 1 aromatic carbocycles. The van der Waals surface area contributed by atoms with Crippen LogP contribution >= 0.6 is 0 Å². The van der Waals surface area contributed by atoms with Crippen molar-refractivity contribution in [3.8, 4) is 5.75 Å². The van der Waals surface area contributed by atoms with Gasteiger partial charge in [-0.25, -0.2) is 0 Å². The van der Waals surface area contributed by atoms with Gasteiger partial charge in [-0.2, -0.15) is 0 Å². The van der Waals surface area contributed by atoms with Gasteiger partial charge in [-0.1, -0.05) is 32.0 Å². The molecule has 0 bridgehead atoms. The molecule has 1 aromatic rings. The van der Waals surface area contributed by atoms with Crippen molar-refractivity contribution in [3.63, 3.8) is 0 Å². The minimum Gasteiger partial charge on any atom is -0.496 e. The average Bonchev–Trinajstić information content (AvgIpc) is 2.48. The van der Waals surface area contributed by atoms with Crippen LogP contribution in [0.4, 0.5) is 0 Å². The summed E-state index contributed by atoms with van der Waals surface area (Å²) >= 11 is 0. The summed E-state index contributed by atoms with van der Waals surface area (Å²) in [6.07, 6.45) is 2.48. The molecule has 0 unspecified atom stereocenters. The first kappa shape index (κ1) is 16.3. The molecule has 1 N–H and O–H groups in total. The summed E-state index contributed by atoms with van der Waals surface area (Å²) in [4.78, 5) is 2.59. The van der Waals surface area contributed by atoms with E-state index in [9.17, 15) is 0 Å². The summed E-state index contributed by atoms with van der Waals surface area (Å²) in [5, 5.41) is 3.78. The number of hydrogen-bond donors (Lipinski definition) is 1. The summed E-state index contributed by atoms with van der Waals surface area (Å²) in [6, 6.07) is 9.26. The standard InChI is InChI=1S/C18H30N2O/c1-14(2)13-20-11-9-16(10-12-20)19-15(3)17-7-5-6-8-18(17)21-4/h5-8,14-16,19H,9-13H2,1-4H3/t15-/m0/s1. The predicted octanol–water partition coefficient (Wildman–Crippen LogP) is 3.47. The van der Waals surface area contributed by atoms with Crippen LogP contribution < -0.4 is 10.1 Å². The minimum absolute atomic E-state index is 0.336. The third-order valence-corrected chi connectivity index (χ3v) is 4.30. The fraction of sp³-hybridized carbons (Fsp3) is 0.667. The number of para-hydroxylation sites is 1. The summed E-state index contributed by atoms with van der Waals surface area (Å²) in [7, 11) is 1.75. The van der Waals surface area contributed by atoms with E-state index in [2.05, 4.69) is 43.1 Å². The van der Waals surface area contributed by atoms with Gasteiger partial charge in [0.05, 0.1) is 7.11 Å². The molecule has 3 nitrogen and oxygen atoms in total. The molecule has 0 radical (unpaired) electrons. The number of ether oxygens (including phenoxy) is 1. The van der Waals surface area contributed by atoms with Crippen molar-refractivity contribution in [2.24, 2.45) is 5.92 Å². The summed E-state index contributed by atoms with van der Waals surface area (Å²) in [5.74, 6) is 1.75. The van der Waals surface area contributed by atoms with Gasteiger partial charge in [0.25, 0.3) is 0 Å². The Labute approximate surface area is 129 Å². The van der Waals surface area contributed by atoms with Gasteiger partial charge in [0.2, 0.25) is 0 Å². The molecule has 0 spiro atoms. The number of nitrogens with one attached hydrogen (secondary N) is 1. The van der Waals surface area contributed by atoms with Crippen LogP contribution in [0.25, 0.3) is 0 Å². The molecule has 0 saturated carbocycles. The second-order valence-corrected chi connectivity index (χ2v) is 6.60. The Morgan fingerprint density at radius 3 is 2.48 bits per heavy atom. The smallest absolute Gasteiger partial charge is 0.123 e. The second kappa shape index (κ2) is 7.81. The van der Waals surface area contributed by atoms with Crippen molar-refractivity contribution < 1.29 is 4.74 Å². The predicted molar refractivity (Wildman–Crippen MR) is 88.8 cm³/mol. The molecular weight excluding hydrogens is 260 g/mol. The number of likely N-dealkylation sites (tertiary alicyclic amines) is 1. The van der Waals surface area contributed by atoms with Gasteiger partial charge in [-0.05, 0) is 44.8 Å². The lowest BCUT2D eigenvalue weighted by Crippen LogP contribution is -2.44. The van der Waals surface area contributed by atoms with Gasteiger partial charge in [0, 0.05) is 24.2 Å². The van der Waals surface area contributed by atoms with Gasteiger partial charge in [-0.3, -0.25) is 0 Å². The lowest BCUT2D eigenvalue weighted by atomic mass is 10.0. The zero-order valence-corrected chi connectivity index (χ0v) is 13.9. The van der Waals surface area contributed by atoms with E-state index >= 15 is 0 Å². The number of rotatable bonds is 6. The van der Waals surface area contributed by atoms with Crippen molar-refractivity contribution in [1.82, 2.24) is 10.2 Å². The van der Waals surface area contributed by atoms with Gasteiger partial charge in [0.15, 0.2) is 0 Å². The number of hydrogen-bond acceptors (Lipinski definition) is 3. The second-order valence-electron chi connectivity index (χ2n) is 6.60. The third-order valence-electron chi connectivity index (χ3n) is 4.30. The maximum Gasteiger partial charge on any atom is 0.123 e. The van der Waals surface area contributed by atoms with Crippen LogP contribution in [0.15, 0.2) is 24.3 Å². The maximum atomic E-state index is 5.47. The van der Waals surface area contributed by atoms with Crippen molar-refractivity contribution in [2.45, 2.75) is 45.7 Å². The van der Waals surface area contributed by atoms with E-state index in [1.807, 2.05) is 12.1 Å². The first-order valence-corrected chi connectivity index (χ1v) is 8.21. The van der Waals surface area contributed by atoms with E-state index in [0.29, 0.717) is 12.1 Å². The number of piperidine rings is 1. The summed E-state index contributed by atoms with van der Waals surface area (Å²) < 4.78 is 5.47. The highest BCUT2D eigenvalue weighted by molar-refractivity contribution is 5.35. The van der Waals surface area contributed by atoms with E-state index in [-0.39, 0.29) is 0 Å². The molecule has 0 amide bonds. The van der Waals surface area contributed by atoms with E-state index in [1.165, 1.54) is 38.0 Å². The highest BCUT2D eigenvalue weighted by Gasteiger charge is 2.22.